The van der Waals surface area contributed by atoms with Crippen LogP contribution < -0.4 is 0 Å². The second-order valence-electron chi connectivity index (χ2n) is 7.69. The fourth-order valence-electron chi connectivity index (χ4n) is 3.10. The van der Waals surface area contributed by atoms with E-state index in [0.717, 1.165) is 12.5 Å². The van der Waals surface area contributed by atoms with Crippen molar-refractivity contribution < 1.29 is 8.85 Å². The molecule has 0 heterocycles. The summed E-state index contributed by atoms with van der Waals surface area (Å²) >= 11 is 0. The van der Waals surface area contributed by atoms with Gasteiger partial charge >= 0.3 is 8.56 Å². The van der Waals surface area contributed by atoms with E-state index in [1.165, 1.54) is 0 Å². The van der Waals surface area contributed by atoms with Gasteiger partial charge in [-0.1, -0.05) is 40.7 Å². The van der Waals surface area contributed by atoms with E-state index in [0.29, 0.717) is 0 Å². The van der Waals surface area contributed by atoms with E-state index in [-0.39, 0.29) is 22.7 Å². The van der Waals surface area contributed by atoms with Gasteiger partial charge in [-0.05, 0) is 45.6 Å². The molecule has 0 radical (unpaired) electrons. The number of allylic oxidation sites excluding steroid dienone is 1. The van der Waals surface area contributed by atoms with Crippen molar-refractivity contribution in [1.82, 2.24) is 0 Å². The molecule has 0 aromatic carbocycles. The topological polar surface area (TPSA) is 18.5 Å². The van der Waals surface area contributed by atoms with Gasteiger partial charge in [-0.3, -0.25) is 0 Å². The molecule has 120 valence electrons. The van der Waals surface area contributed by atoms with Crippen LogP contribution in [0.3, 0.4) is 0 Å². The molecule has 0 saturated carbocycles. The Morgan fingerprint density at radius 2 is 1.40 bits per heavy atom. The lowest BCUT2D eigenvalue weighted by Crippen LogP contribution is -2.54. The van der Waals surface area contributed by atoms with Crippen LogP contribution in [0.15, 0.2) is 12.7 Å². The molecule has 0 bridgehead atoms. The van der Waals surface area contributed by atoms with E-state index >= 15 is 0 Å². The van der Waals surface area contributed by atoms with Crippen molar-refractivity contribution in [2.45, 2.75) is 92.0 Å². The molecule has 0 saturated heterocycles. The van der Waals surface area contributed by atoms with Crippen LogP contribution in [0.25, 0.3) is 0 Å². The van der Waals surface area contributed by atoms with Gasteiger partial charge in [0.1, 0.15) is 0 Å². The van der Waals surface area contributed by atoms with Gasteiger partial charge < -0.3 is 8.85 Å². The highest BCUT2D eigenvalue weighted by Crippen LogP contribution is 2.50. The summed E-state index contributed by atoms with van der Waals surface area (Å²) in [5.41, 5.74) is 0.0948. The maximum atomic E-state index is 6.44. The number of rotatable bonds is 9. The summed E-state index contributed by atoms with van der Waals surface area (Å²) in [5, 5.41) is 0.0357. The maximum Gasteiger partial charge on any atom is 0.344 e. The molecule has 0 unspecified atom stereocenters. The Bertz CT molecular complexity index is 296. The van der Waals surface area contributed by atoms with Crippen LogP contribution >= 0.6 is 0 Å². The van der Waals surface area contributed by atoms with Gasteiger partial charge in [0.25, 0.3) is 0 Å². The lowest BCUT2D eigenvalue weighted by atomic mass is 9.84. The first-order chi connectivity index (χ1) is 8.91. The van der Waals surface area contributed by atoms with E-state index < -0.39 is 8.56 Å². The fraction of sp³-hybridized carbons (Fsp3) is 0.882. The van der Waals surface area contributed by atoms with Crippen LogP contribution in [0.5, 0.6) is 0 Å². The van der Waals surface area contributed by atoms with Crippen LogP contribution in [0, 0.1) is 5.41 Å². The molecule has 0 N–H and O–H groups in total. The summed E-state index contributed by atoms with van der Waals surface area (Å²) in [6.07, 6.45) is 3.48. The van der Waals surface area contributed by atoms with Crippen LogP contribution in [-0.4, -0.2) is 20.8 Å². The minimum atomic E-state index is -2.30. The van der Waals surface area contributed by atoms with Gasteiger partial charge in [0, 0.05) is 17.2 Å². The SMILES string of the molecule is C=CC(C)(C)CC(C)(C)[Si](CC)(OC(C)C)OC(C)C. The summed E-state index contributed by atoms with van der Waals surface area (Å²) in [6, 6.07) is 0.976. The van der Waals surface area contributed by atoms with Crippen LogP contribution in [-0.2, 0) is 8.85 Å². The van der Waals surface area contributed by atoms with Crippen molar-refractivity contribution in [2.75, 3.05) is 0 Å². The van der Waals surface area contributed by atoms with Crippen LogP contribution in [0.1, 0.15) is 68.7 Å². The summed E-state index contributed by atoms with van der Waals surface area (Å²) < 4.78 is 12.9. The van der Waals surface area contributed by atoms with Crippen LogP contribution in [0.2, 0.25) is 11.1 Å². The largest absolute Gasteiger partial charge is 0.391 e. The van der Waals surface area contributed by atoms with Crippen molar-refractivity contribution in [3.63, 3.8) is 0 Å². The first-order valence-corrected chi connectivity index (χ1v) is 9.93. The molecule has 0 spiro atoms. The molecule has 0 aliphatic carbocycles. The Morgan fingerprint density at radius 1 is 1.00 bits per heavy atom. The first-order valence-electron chi connectivity index (χ1n) is 7.90. The summed E-state index contributed by atoms with van der Waals surface area (Å²) in [6.45, 7) is 23.7. The highest BCUT2D eigenvalue weighted by Gasteiger charge is 2.53. The van der Waals surface area contributed by atoms with E-state index in [9.17, 15) is 0 Å². The Kier molecular flexibility index (Phi) is 7.19. The molecule has 0 rings (SSSR count). The van der Waals surface area contributed by atoms with Gasteiger partial charge in [-0.2, -0.15) is 0 Å². The third-order valence-corrected chi connectivity index (χ3v) is 8.67. The zero-order chi connectivity index (χ0) is 16.2. The normalized spacial score (nSPS) is 14.2. The molecule has 0 atom stereocenters. The molecule has 0 aliphatic heterocycles. The van der Waals surface area contributed by atoms with Crippen molar-refractivity contribution in [3.8, 4) is 0 Å². The molecule has 0 fully saturated rings. The van der Waals surface area contributed by atoms with E-state index in [4.69, 9.17) is 8.85 Å². The van der Waals surface area contributed by atoms with Crippen LogP contribution in [0.4, 0.5) is 0 Å². The van der Waals surface area contributed by atoms with Crippen molar-refractivity contribution in [1.29, 1.82) is 0 Å². The average molecular weight is 301 g/mol. The predicted molar refractivity (Wildman–Crippen MR) is 91.3 cm³/mol. The van der Waals surface area contributed by atoms with Gasteiger partial charge in [0.15, 0.2) is 0 Å². The van der Waals surface area contributed by atoms with Gasteiger partial charge in [0.2, 0.25) is 0 Å². The van der Waals surface area contributed by atoms with Gasteiger partial charge in [-0.25, -0.2) is 0 Å². The standard InChI is InChI=1S/C17H36O2Si/c1-11-16(7,8)13-17(9,10)20(12-2,18-14(3)4)19-15(5)6/h11,14-15H,1,12-13H2,2-10H3. The molecule has 2 nitrogen and oxygen atoms in total. The molecule has 0 aromatic heterocycles. The summed E-state index contributed by atoms with van der Waals surface area (Å²) in [5.74, 6) is 0. The molecular weight excluding hydrogens is 264 g/mol. The average Bonchev–Trinajstić information content (AvgIpc) is 2.25. The second kappa shape index (κ2) is 7.23. The molecule has 0 amide bonds. The highest BCUT2D eigenvalue weighted by molar-refractivity contribution is 6.70. The fourth-order valence-corrected chi connectivity index (χ4v) is 7.33. The Hall–Kier alpha value is -0.123. The van der Waals surface area contributed by atoms with Crippen molar-refractivity contribution >= 4 is 8.56 Å². The minimum Gasteiger partial charge on any atom is -0.391 e. The van der Waals surface area contributed by atoms with E-state index in [1.54, 1.807) is 0 Å². The second-order valence-corrected chi connectivity index (χ2v) is 11.7. The Labute approximate surface area is 128 Å². The van der Waals surface area contributed by atoms with Gasteiger partial charge in [0.05, 0.1) is 0 Å². The Balaban J connectivity index is 5.51. The van der Waals surface area contributed by atoms with E-state index in [1.807, 2.05) is 6.08 Å². The van der Waals surface area contributed by atoms with Gasteiger partial charge in [-0.15, -0.1) is 6.58 Å². The number of hydrogen-bond acceptors (Lipinski definition) is 2. The molecule has 20 heavy (non-hydrogen) atoms. The molecular formula is C17H36O2Si. The molecule has 3 heteroatoms. The smallest absolute Gasteiger partial charge is 0.344 e. The molecule has 0 aromatic rings. The zero-order valence-corrected chi connectivity index (χ0v) is 16.2. The Morgan fingerprint density at radius 3 is 1.65 bits per heavy atom. The van der Waals surface area contributed by atoms with Crippen molar-refractivity contribution in [3.05, 3.63) is 12.7 Å². The highest BCUT2D eigenvalue weighted by atomic mass is 28.4. The lowest BCUT2D eigenvalue weighted by molar-refractivity contribution is 0.0805. The zero-order valence-electron chi connectivity index (χ0n) is 15.2. The third-order valence-electron chi connectivity index (χ3n) is 3.80. The summed E-state index contributed by atoms with van der Waals surface area (Å²) in [4.78, 5) is 0. The monoisotopic (exact) mass is 300 g/mol. The third kappa shape index (κ3) is 5.34. The minimum absolute atomic E-state index is 0.0357. The summed E-state index contributed by atoms with van der Waals surface area (Å²) in [7, 11) is -2.30. The predicted octanol–water partition coefficient (Wildman–Crippen LogP) is 5.68. The maximum absolute atomic E-state index is 6.44. The molecule has 0 aliphatic rings. The first kappa shape index (κ1) is 19.9. The quantitative estimate of drug-likeness (QED) is 0.403. The number of hydrogen-bond donors (Lipinski definition) is 0. The van der Waals surface area contributed by atoms with E-state index in [2.05, 4.69) is 68.9 Å². The van der Waals surface area contributed by atoms with Crippen molar-refractivity contribution in [2.24, 2.45) is 5.41 Å². The lowest BCUT2D eigenvalue weighted by Gasteiger charge is -2.47.